The predicted octanol–water partition coefficient (Wildman–Crippen LogP) is -0.526. The molecule has 0 spiro atoms. The van der Waals surface area contributed by atoms with Crippen LogP contribution in [0.5, 0.6) is 0 Å². The van der Waals surface area contributed by atoms with Crippen LogP contribution >= 0.6 is 0 Å². The van der Waals surface area contributed by atoms with Crippen molar-refractivity contribution in [2.45, 2.75) is 25.3 Å². The van der Waals surface area contributed by atoms with E-state index < -0.39 is 6.04 Å². The number of piperazine rings is 1. The number of hydrogen-bond acceptors (Lipinski definition) is 5. The minimum absolute atomic E-state index is 0.105. The van der Waals surface area contributed by atoms with Crippen LogP contribution in [0.2, 0.25) is 0 Å². The number of carbonyl (C=O) groups excluding carboxylic acids is 2. The zero-order valence-electron chi connectivity index (χ0n) is 15.4. The van der Waals surface area contributed by atoms with E-state index in [-0.39, 0.29) is 11.8 Å². The molecular formula is C19H31N5O2. The molecule has 1 aliphatic heterocycles. The largest absolute Gasteiger partial charge is 0.354 e. The summed E-state index contributed by atoms with van der Waals surface area (Å²) in [5.74, 6) is -0.241. The number of benzene rings is 1. The number of amides is 2. The van der Waals surface area contributed by atoms with Crippen molar-refractivity contribution < 1.29 is 9.59 Å². The van der Waals surface area contributed by atoms with E-state index in [0.29, 0.717) is 32.5 Å². The van der Waals surface area contributed by atoms with E-state index in [4.69, 9.17) is 5.73 Å². The van der Waals surface area contributed by atoms with Gasteiger partial charge in [-0.1, -0.05) is 30.3 Å². The van der Waals surface area contributed by atoms with Gasteiger partial charge in [0.1, 0.15) is 6.04 Å². The molecule has 0 aromatic heterocycles. The van der Waals surface area contributed by atoms with Crippen LogP contribution in [-0.2, 0) is 16.0 Å². The molecule has 1 atom stereocenters. The Labute approximate surface area is 155 Å². The van der Waals surface area contributed by atoms with Gasteiger partial charge in [0.25, 0.3) is 0 Å². The maximum Gasteiger partial charge on any atom is 0.242 e. The van der Waals surface area contributed by atoms with E-state index in [2.05, 4.69) is 20.9 Å². The normalized spacial score (nSPS) is 16.0. The van der Waals surface area contributed by atoms with Crippen LogP contribution in [-0.4, -0.2) is 68.6 Å². The molecule has 144 valence electrons. The van der Waals surface area contributed by atoms with Crippen molar-refractivity contribution in [2.24, 2.45) is 5.73 Å². The Hall–Kier alpha value is -1.96. The summed E-state index contributed by atoms with van der Waals surface area (Å²) in [6.07, 6.45) is 2.02. The van der Waals surface area contributed by atoms with Gasteiger partial charge in [0.15, 0.2) is 0 Å². The van der Waals surface area contributed by atoms with Crippen LogP contribution < -0.4 is 21.7 Å². The van der Waals surface area contributed by atoms with Crippen molar-refractivity contribution in [3.8, 4) is 0 Å². The smallest absolute Gasteiger partial charge is 0.242 e. The quantitative estimate of drug-likeness (QED) is 0.449. The summed E-state index contributed by atoms with van der Waals surface area (Å²) in [7, 11) is 0. The van der Waals surface area contributed by atoms with Gasteiger partial charge in [0.2, 0.25) is 11.8 Å². The van der Waals surface area contributed by atoms with Crippen molar-refractivity contribution in [3.63, 3.8) is 0 Å². The van der Waals surface area contributed by atoms with Gasteiger partial charge < -0.3 is 21.7 Å². The average molecular weight is 361 g/mol. The number of nitrogens with two attached hydrogens (primary N) is 1. The van der Waals surface area contributed by atoms with Crippen LogP contribution in [0.25, 0.3) is 0 Å². The lowest BCUT2D eigenvalue weighted by Gasteiger charge is -2.27. The number of hydrogen-bond donors (Lipinski definition) is 4. The van der Waals surface area contributed by atoms with E-state index in [0.717, 1.165) is 32.6 Å². The lowest BCUT2D eigenvalue weighted by molar-refractivity contribution is -0.129. The molecule has 0 unspecified atom stereocenters. The van der Waals surface area contributed by atoms with Crippen molar-refractivity contribution in [1.29, 1.82) is 0 Å². The summed E-state index contributed by atoms with van der Waals surface area (Å²) in [5.41, 5.74) is 6.75. The first kappa shape index (κ1) is 20.4. The van der Waals surface area contributed by atoms with E-state index in [9.17, 15) is 9.59 Å². The molecule has 2 rings (SSSR count). The van der Waals surface area contributed by atoms with E-state index in [1.165, 1.54) is 5.56 Å². The zero-order chi connectivity index (χ0) is 18.6. The standard InChI is InChI=1S/C19H31N5O2/c20-9-4-7-17(23-18(25)15-24-13-11-21-12-14-24)19(26)22-10-8-16-5-2-1-3-6-16/h1-3,5-6,17,21H,4,7-15,20H2,(H,22,26)(H,23,25)/t17-/m1/s1. The van der Waals surface area contributed by atoms with Gasteiger partial charge in [-0.25, -0.2) is 0 Å². The maximum absolute atomic E-state index is 12.5. The lowest BCUT2D eigenvalue weighted by atomic mass is 10.1. The minimum Gasteiger partial charge on any atom is -0.354 e. The molecule has 0 bridgehead atoms. The monoisotopic (exact) mass is 361 g/mol. The molecule has 7 heteroatoms. The summed E-state index contributed by atoms with van der Waals surface area (Å²) in [6.45, 7) is 4.87. The van der Waals surface area contributed by atoms with Crippen LogP contribution in [0.1, 0.15) is 18.4 Å². The molecule has 0 radical (unpaired) electrons. The van der Waals surface area contributed by atoms with Crippen LogP contribution in [0, 0.1) is 0 Å². The molecule has 1 aliphatic rings. The fraction of sp³-hybridized carbons (Fsp3) is 0.579. The number of nitrogens with one attached hydrogen (secondary N) is 3. The third-order valence-electron chi connectivity index (χ3n) is 4.48. The molecule has 5 N–H and O–H groups in total. The Morgan fingerprint density at radius 1 is 1.19 bits per heavy atom. The second kappa shape index (κ2) is 11.6. The predicted molar refractivity (Wildman–Crippen MR) is 103 cm³/mol. The first-order chi connectivity index (χ1) is 12.7. The highest BCUT2D eigenvalue weighted by molar-refractivity contribution is 5.88. The van der Waals surface area contributed by atoms with Gasteiger partial charge in [-0.05, 0) is 31.4 Å². The summed E-state index contributed by atoms with van der Waals surface area (Å²) in [4.78, 5) is 26.9. The van der Waals surface area contributed by atoms with Gasteiger partial charge in [-0.3, -0.25) is 14.5 Å². The highest BCUT2D eigenvalue weighted by atomic mass is 16.2. The molecule has 0 saturated carbocycles. The molecular weight excluding hydrogens is 330 g/mol. The van der Waals surface area contributed by atoms with Gasteiger partial charge in [0, 0.05) is 32.7 Å². The molecule has 26 heavy (non-hydrogen) atoms. The first-order valence-corrected chi connectivity index (χ1v) is 9.43. The maximum atomic E-state index is 12.5. The molecule has 0 aliphatic carbocycles. The van der Waals surface area contributed by atoms with Gasteiger partial charge in [-0.2, -0.15) is 0 Å². The highest BCUT2D eigenvalue weighted by Gasteiger charge is 2.21. The third-order valence-corrected chi connectivity index (χ3v) is 4.48. The molecule has 7 nitrogen and oxygen atoms in total. The van der Waals surface area contributed by atoms with Gasteiger partial charge >= 0.3 is 0 Å². The Morgan fingerprint density at radius 3 is 2.62 bits per heavy atom. The molecule has 1 fully saturated rings. The summed E-state index contributed by atoms with van der Waals surface area (Å²) >= 11 is 0. The van der Waals surface area contributed by atoms with Crippen molar-refractivity contribution in [3.05, 3.63) is 35.9 Å². The van der Waals surface area contributed by atoms with E-state index in [1.807, 2.05) is 30.3 Å². The Morgan fingerprint density at radius 2 is 1.92 bits per heavy atom. The van der Waals surface area contributed by atoms with E-state index in [1.54, 1.807) is 0 Å². The second-order valence-corrected chi connectivity index (χ2v) is 6.60. The Balaban J connectivity index is 1.78. The van der Waals surface area contributed by atoms with Gasteiger partial charge in [0.05, 0.1) is 6.54 Å². The fourth-order valence-electron chi connectivity index (χ4n) is 3.00. The van der Waals surface area contributed by atoms with Crippen molar-refractivity contribution in [1.82, 2.24) is 20.9 Å². The molecule has 1 aromatic carbocycles. The van der Waals surface area contributed by atoms with Crippen LogP contribution in [0.3, 0.4) is 0 Å². The van der Waals surface area contributed by atoms with Crippen molar-refractivity contribution >= 4 is 11.8 Å². The molecule has 1 aromatic rings. The Kier molecular flexibility index (Phi) is 9.09. The second-order valence-electron chi connectivity index (χ2n) is 6.60. The summed E-state index contributed by atoms with van der Waals surface area (Å²) in [5, 5.41) is 9.07. The summed E-state index contributed by atoms with van der Waals surface area (Å²) in [6, 6.07) is 9.49. The lowest BCUT2D eigenvalue weighted by Crippen LogP contribution is -2.52. The fourth-order valence-corrected chi connectivity index (χ4v) is 3.00. The Bertz CT molecular complexity index is 546. The third kappa shape index (κ3) is 7.51. The minimum atomic E-state index is -0.523. The van der Waals surface area contributed by atoms with E-state index >= 15 is 0 Å². The molecule has 1 saturated heterocycles. The van der Waals surface area contributed by atoms with Crippen molar-refractivity contribution in [2.75, 3.05) is 45.8 Å². The summed E-state index contributed by atoms with van der Waals surface area (Å²) < 4.78 is 0. The highest BCUT2D eigenvalue weighted by Crippen LogP contribution is 2.01. The SMILES string of the molecule is NCCC[C@@H](NC(=O)CN1CCNCC1)C(=O)NCCc1ccccc1. The number of nitrogens with zero attached hydrogens (tertiary/aromatic N) is 1. The van der Waals surface area contributed by atoms with Gasteiger partial charge in [-0.15, -0.1) is 0 Å². The number of rotatable bonds is 10. The molecule has 2 amide bonds. The number of carbonyl (C=O) groups is 2. The topological polar surface area (TPSA) is 99.5 Å². The van der Waals surface area contributed by atoms with Crippen LogP contribution in [0.4, 0.5) is 0 Å². The zero-order valence-corrected chi connectivity index (χ0v) is 15.4. The average Bonchev–Trinajstić information content (AvgIpc) is 2.66. The van der Waals surface area contributed by atoms with Crippen LogP contribution in [0.15, 0.2) is 30.3 Å². The first-order valence-electron chi connectivity index (χ1n) is 9.43. The molecule has 1 heterocycles.